The molecule has 2 heteroatoms. The summed E-state index contributed by atoms with van der Waals surface area (Å²) in [6, 6.07) is 0. The van der Waals surface area contributed by atoms with Gasteiger partial charge in [-0.1, -0.05) is 20.3 Å². The highest BCUT2D eigenvalue weighted by molar-refractivity contribution is 5.67. The second-order valence-corrected chi connectivity index (χ2v) is 4.08. The lowest BCUT2D eigenvalue weighted by Gasteiger charge is -2.10. The minimum Gasteiger partial charge on any atom is -0.481 e. The van der Waals surface area contributed by atoms with Crippen molar-refractivity contribution >= 4 is 5.97 Å². The lowest BCUT2D eigenvalue weighted by atomic mass is 9.96. The topological polar surface area (TPSA) is 37.3 Å². The van der Waals surface area contributed by atoms with Crippen LogP contribution >= 0.6 is 0 Å². The van der Waals surface area contributed by atoms with E-state index in [1.807, 2.05) is 0 Å². The van der Waals surface area contributed by atoms with Crippen LogP contribution in [-0.2, 0) is 4.79 Å². The highest BCUT2D eigenvalue weighted by Crippen LogP contribution is 2.39. The molecule has 1 fully saturated rings. The van der Waals surface area contributed by atoms with Crippen molar-refractivity contribution in [3.05, 3.63) is 0 Å². The molecule has 0 heterocycles. The fourth-order valence-corrected chi connectivity index (χ4v) is 2.46. The zero-order valence-corrected chi connectivity index (χ0v) is 7.92. The Hall–Kier alpha value is -0.530. The van der Waals surface area contributed by atoms with Gasteiger partial charge in [0.25, 0.3) is 0 Å². The molecule has 0 radical (unpaired) electrons. The van der Waals surface area contributed by atoms with Gasteiger partial charge in [-0.15, -0.1) is 0 Å². The van der Waals surface area contributed by atoms with E-state index >= 15 is 0 Å². The fraction of sp³-hybridized carbons (Fsp3) is 0.900. The summed E-state index contributed by atoms with van der Waals surface area (Å²) in [6.45, 7) is 4.44. The van der Waals surface area contributed by atoms with Crippen molar-refractivity contribution in [2.45, 2.75) is 39.5 Å². The van der Waals surface area contributed by atoms with Crippen molar-refractivity contribution in [3.8, 4) is 0 Å². The zero-order valence-electron chi connectivity index (χ0n) is 7.92. The van der Waals surface area contributed by atoms with Crippen molar-refractivity contribution in [2.24, 2.45) is 17.8 Å². The Morgan fingerprint density at radius 3 is 2.58 bits per heavy atom. The van der Waals surface area contributed by atoms with Crippen LogP contribution in [0.4, 0.5) is 0 Å². The normalized spacial score (nSPS) is 35.3. The summed E-state index contributed by atoms with van der Waals surface area (Å²) >= 11 is 0. The first-order chi connectivity index (χ1) is 5.63. The van der Waals surface area contributed by atoms with Gasteiger partial charge in [0.2, 0.25) is 0 Å². The van der Waals surface area contributed by atoms with E-state index in [4.69, 9.17) is 5.11 Å². The number of hydrogen-bond acceptors (Lipinski definition) is 1. The van der Waals surface area contributed by atoms with Crippen LogP contribution in [0, 0.1) is 17.8 Å². The summed E-state index contributed by atoms with van der Waals surface area (Å²) in [7, 11) is 0. The van der Waals surface area contributed by atoms with Gasteiger partial charge in [-0.3, -0.25) is 4.79 Å². The number of hydrogen-bond donors (Lipinski definition) is 1. The predicted octanol–water partition coefficient (Wildman–Crippen LogP) is 2.53. The van der Waals surface area contributed by atoms with Gasteiger partial charge in [0.1, 0.15) is 0 Å². The minimum atomic E-state index is -0.635. The summed E-state index contributed by atoms with van der Waals surface area (Å²) in [4.78, 5) is 10.5. The van der Waals surface area contributed by atoms with Crippen LogP contribution in [0.15, 0.2) is 0 Å². The molecule has 0 bridgehead atoms. The molecule has 0 aromatic carbocycles. The third-order valence-corrected chi connectivity index (χ3v) is 3.13. The third kappa shape index (κ3) is 2.23. The number of carboxylic acids is 1. The smallest absolute Gasteiger partial charge is 0.303 e. The minimum absolute atomic E-state index is 0.376. The molecule has 2 nitrogen and oxygen atoms in total. The van der Waals surface area contributed by atoms with Crippen LogP contribution in [0.2, 0.25) is 0 Å². The molecule has 12 heavy (non-hydrogen) atoms. The first kappa shape index (κ1) is 9.56. The second kappa shape index (κ2) is 3.92. The highest BCUT2D eigenvalue weighted by atomic mass is 16.4. The van der Waals surface area contributed by atoms with Gasteiger partial charge >= 0.3 is 5.97 Å². The lowest BCUT2D eigenvalue weighted by molar-refractivity contribution is -0.138. The number of carboxylic acid groups (broad SMARTS) is 1. The Labute approximate surface area is 74.0 Å². The summed E-state index contributed by atoms with van der Waals surface area (Å²) < 4.78 is 0. The predicted molar refractivity (Wildman–Crippen MR) is 47.9 cm³/mol. The van der Waals surface area contributed by atoms with Crippen LogP contribution < -0.4 is 0 Å². The molecule has 3 unspecified atom stereocenters. The van der Waals surface area contributed by atoms with E-state index in [9.17, 15) is 4.79 Å². The Morgan fingerprint density at radius 2 is 2.17 bits per heavy atom. The molecular weight excluding hydrogens is 152 g/mol. The Bertz CT molecular complexity index is 165. The van der Waals surface area contributed by atoms with Gasteiger partial charge in [0, 0.05) is 6.42 Å². The van der Waals surface area contributed by atoms with Gasteiger partial charge in [0.15, 0.2) is 0 Å². The Kier molecular flexibility index (Phi) is 3.12. The quantitative estimate of drug-likeness (QED) is 0.706. The molecule has 0 aromatic heterocycles. The molecule has 1 aliphatic rings. The maximum absolute atomic E-state index is 10.5. The maximum Gasteiger partial charge on any atom is 0.303 e. The van der Waals surface area contributed by atoms with Crippen LogP contribution in [0.25, 0.3) is 0 Å². The molecule has 0 aliphatic heterocycles. The molecule has 0 aromatic rings. The molecule has 0 saturated heterocycles. The molecule has 1 aliphatic carbocycles. The molecule has 70 valence electrons. The summed E-state index contributed by atoms with van der Waals surface area (Å²) in [6.07, 6.45) is 3.83. The van der Waals surface area contributed by atoms with E-state index in [0.717, 1.165) is 24.7 Å². The van der Waals surface area contributed by atoms with Gasteiger partial charge in [0.05, 0.1) is 0 Å². The van der Waals surface area contributed by atoms with Gasteiger partial charge in [-0.05, 0) is 30.6 Å². The molecule has 0 amide bonds. The van der Waals surface area contributed by atoms with E-state index in [0.29, 0.717) is 12.3 Å². The average Bonchev–Trinajstić information content (AvgIpc) is 2.29. The molecule has 0 spiro atoms. The van der Waals surface area contributed by atoms with Crippen LogP contribution in [0.1, 0.15) is 39.5 Å². The van der Waals surface area contributed by atoms with Crippen LogP contribution in [0.3, 0.4) is 0 Å². The SMILES string of the molecule is CCC1CC(CC(=O)O)CC1C. The van der Waals surface area contributed by atoms with E-state index in [-0.39, 0.29) is 0 Å². The van der Waals surface area contributed by atoms with Crippen molar-refractivity contribution in [1.82, 2.24) is 0 Å². The fourth-order valence-electron chi connectivity index (χ4n) is 2.46. The number of carbonyl (C=O) groups is 1. The van der Waals surface area contributed by atoms with Gasteiger partial charge in [-0.2, -0.15) is 0 Å². The van der Waals surface area contributed by atoms with Crippen LogP contribution in [0.5, 0.6) is 0 Å². The van der Waals surface area contributed by atoms with Gasteiger partial charge < -0.3 is 5.11 Å². The highest BCUT2D eigenvalue weighted by Gasteiger charge is 2.30. The number of rotatable bonds is 3. The standard InChI is InChI=1S/C10H18O2/c1-3-9-5-8(4-7(9)2)6-10(11)12/h7-9H,3-6H2,1-2H3,(H,11,12). The molecule has 3 atom stereocenters. The summed E-state index contributed by atoms with van der Waals surface area (Å²) in [5.74, 6) is 1.32. The van der Waals surface area contributed by atoms with Crippen molar-refractivity contribution in [1.29, 1.82) is 0 Å². The van der Waals surface area contributed by atoms with E-state index in [1.165, 1.54) is 6.42 Å². The third-order valence-electron chi connectivity index (χ3n) is 3.13. The van der Waals surface area contributed by atoms with Crippen LogP contribution in [-0.4, -0.2) is 11.1 Å². The summed E-state index contributed by atoms with van der Waals surface area (Å²) in [5, 5.41) is 8.62. The molecule has 1 saturated carbocycles. The number of aliphatic carboxylic acids is 1. The lowest BCUT2D eigenvalue weighted by Crippen LogP contribution is -2.04. The summed E-state index contributed by atoms with van der Waals surface area (Å²) in [5.41, 5.74) is 0. The van der Waals surface area contributed by atoms with E-state index < -0.39 is 5.97 Å². The maximum atomic E-state index is 10.5. The van der Waals surface area contributed by atoms with Crippen molar-refractivity contribution in [3.63, 3.8) is 0 Å². The van der Waals surface area contributed by atoms with E-state index in [1.54, 1.807) is 0 Å². The molecule has 1 N–H and O–H groups in total. The zero-order chi connectivity index (χ0) is 9.14. The first-order valence-corrected chi connectivity index (χ1v) is 4.85. The first-order valence-electron chi connectivity index (χ1n) is 4.85. The van der Waals surface area contributed by atoms with Crippen molar-refractivity contribution in [2.75, 3.05) is 0 Å². The Morgan fingerprint density at radius 1 is 1.50 bits per heavy atom. The molecular formula is C10H18O2. The average molecular weight is 170 g/mol. The monoisotopic (exact) mass is 170 g/mol. The Balaban J connectivity index is 2.37. The van der Waals surface area contributed by atoms with E-state index in [2.05, 4.69) is 13.8 Å². The largest absolute Gasteiger partial charge is 0.481 e. The van der Waals surface area contributed by atoms with Gasteiger partial charge in [-0.25, -0.2) is 0 Å². The second-order valence-electron chi connectivity index (χ2n) is 4.08. The molecule has 1 rings (SSSR count). The van der Waals surface area contributed by atoms with Crippen molar-refractivity contribution < 1.29 is 9.90 Å².